The van der Waals surface area contributed by atoms with Crippen molar-refractivity contribution in [3.63, 3.8) is 0 Å². The minimum atomic E-state index is -0.345. The van der Waals surface area contributed by atoms with E-state index in [9.17, 15) is 9.59 Å². The van der Waals surface area contributed by atoms with Gasteiger partial charge in [0.25, 0.3) is 0 Å². The van der Waals surface area contributed by atoms with Crippen LogP contribution in [0.15, 0.2) is 24.3 Å². The lowest BCUT2D eigenvalue weighted by molar-refractivity contribution is -0.135. The molecule has 1 aromatic rings. The molecule has 0 aromatic heterocycles. The topological polar surface area (TPSA) is 66.6 Å². The van der Waals surface area contributed by atoms with Gasteiger partial charge in [-0.25, -0.2) is 0 Å². The third-order valence-electron chi connectivity index (χ3n) is 5.02. The highest BCUT2D eigenvalue weighted by Gasteiger charge is 2.45. The van der Waals surface area contributed by atoms with Gasteiger partial charge in [0.05, 0.1) is 12.0 Å². The molecule has 23 heavy (non-hydrogen) atoms. The summed E-state index contributed by atoms with van der Waals surface area (Å²) in [6.45, 7) is 2.04. The van der Waals surface area contributed by atoms with Crippen LogP contribution in [-0.4, -0.2) is 48.3 Å². The number of likely N-dealkylation sites (tertiary alicyclic amines) is 2. The number of carbonyl (C=O) groups is 2. The second-order valence-electron chi connectivity index (χ2n) is 6.49. The number of carbonyl (C=O) groups excluding carboxylic acids is 2. The number of hydrogen-bond acceptors (Lipinski definition) is 3. The molecule has 2 aliphatic rings. The smallest absolute Gasteiger partial charge is 0.228 e. The first-order chi connectivity index (χ1) is 11.0. The van der Waals surface area contributed by atoms with Crippen LogP contribution in [-0.2, 0) is 9.59 Å². The van der Waals surface area contributed by atoms with Crippen molar-refractivity contribution < 1.29 is 9.59 Å². The molecule has 3 rings (SSSR count). The van der Waals surface area contributed by atoms with Crippen LogP contribution < -0.4 is 5.73 Å². The summed E-state index contributed by atoms with van der Waals surface area (Å²) >= 11 is 6.09. The fourth-order valence-electron chi connectivity index (χ4n) is 3.70. The van der Waals surface area contributed by atoms with Crippen LogP contribution in [0.5, 0.6) is 0 Å². The normalized spacial score (nSPS) is 27.8. The van der Waals surface area contributed by atoms with E-state index in [1.54, 1.807) is 18.0 Å². The largest absolute Gasteiger partial charge is 0.342 e. The summed E-state index contributed by atoms with van der Waals surface area (Å²) < 4.78 is 0. The molecule has 5 nitrogen and oxygen atoms in total. The van der Waals surface area contributed by atoms with Crippen LogP contribution in [0.1, 0.15) is 24.4 Å². The van der Waals surface area contributed by atoms with Crippen molar-refractivity contribution in [1.82, 2.24) is 9.80 Å². The number of amides is 2. The zero-order chi connectivity index (χ0) is 16.6. The number of halogens is 1. The van der Waals surface area contributed by atoms with E-state index in [0.717, 1.165) is 18.5 Å². The third-order valence-corrected chi connectivity index (χ3v) is 5.26. The van der Waals surface area contributed by atoms with Gasteiger partial charge in [-0.3, -0.25) is 9.59 Å². The summed E-state index contributed by atoms with van der Waals surface area (Å²) in [6, 6.07) is 7.18. The lowest BCUT2D eigenvalue weighted by atomic mass is 9.92. The molecule has 0 unspecified atom stereocenters. The van der Waals surface area contributed by atoms with Gasteiger partial charge in [-0.15, -0.1) is 0 Å². The summed E-state index contributed by atoms with van der Waals surface area (Å²) in [5.74, 6) is 0.0902. The molecule has 2 amide bonds. The molecule has 2 fully saturated rings. The van der Waals surface area contributed by atoms with Crippen molar-refractivity contribution in [3.05, 3.63) is 34.9 Å². The van der Waals surface area contributed by atoms with Crippen LogP contribution in [0.25, 0.3) is 0 Å². The van der Waals surface area contributed by atoms with E-state index in [1.807, 2.05) is 23.1 Å². The summed E-state index contributed by atoms with van der Waals surface area (Å²) in [5.41, 5.74) is 6.63. The molecule has 124 valence electrons. The molecule has 0 aliphatic carbocycles. The van der Waals surface area contributed by atoms with Crippen LogP contribution >= 0.6 is 11.6 Å². The highest BCUT2D eigenvalue weighted by molar-refractivity contribution is 6.30. The number of rotatable bonds is 3. The van der Waals surface area contributed by atoms with Gasteiger partial charge in [-0.05, 0) is 36.6 Å². The van der Waals surface area contributed by atoms with Crippen LogP contribution in [0.4, 0.5) is 0 Å². The maximum absolute atomic E-state index is 12.9. The molecule has 2 saturated heterocycles. The quantitative estimate of drug-likeness (QED) is 0.913. The van der Waals surface area contributed by atoms with E-state index in [1.165, 1.54) is 0 Å². The van der Waals surface area contributed by atoms with Gasteiger partial charge in [0.15, 0.2) is 0 Å². The highest BCUT2D eigenvalue weighted by Crippen LogP contribution is 2.39. The van der Waals surface area contributed by atoms with Gasteiger partial charge in [0.2, 0.25) is 11.8 Å². The predicted molar refractivity (Wildman–Crippen MR) is 88.8 cm³/mol. The average Bonchev–Trinajstić information content (AvgIpc) is 3.12. The second-order valence-corrected chi connectivity index (χ2v) is 6.93. The van der Waals surface area contributed by atoms with Gasteiger partial charge < -0.3 is 15.5 Å². The van der Waals surface area contributed by atoms with E-state index >= 15 is 0 Å². The van der Waals surface area contributed by atoms with Gasteiger partial charge in [-0.1, -0.05) is 23.7 Å². The predicted octanol–water partition coefficient (Wildman–Crippen LogP) is 1.67. The number of hydrogen-bond donors (Lipinski definition) is 1. The molecular weight excluding hydrogens is 314 g/mol. The summed E-state index contributed by atoms with van der Waals surface area (Å²) in [6.07, 6.45) is 1.21. The monoisotopic (exact) mass is 335 g/mol. The zero-order valence-electron chi connectivity index (χ0n) is 13.2. The minimum absolute atomic E-state index is 0.00268. The molecule has 0 spiro atoms. The average molecular weight is 336 g/mol. The minimum Gasteiger partial charge on any atom is -0.342 e. The van der Waals surface area contributed by atoms with Gasteiger partial charge in [0.1, 0.15) is 0 Å². The number of nitrogens with two attached hydrogens (primary N) is 1. The molecule has 6 heteroatoms. The Morgan fingerprint density at radius 3 is 2.87 bits per heavy atom. The SMILES string of the molecule is CN1C(=O)C[C@H](C(=O)N2CC[C@@H](CN)C2)[C@H]1c1cccc(Cl)c1. The highest BCUT2D eigenvalue weighted by atomic mass is 35.5. The fourth-order valence-corrected chi connectivity index (χ4v) is 3.90. The van der Waals surface area contributed by atoms with Crippen LogP contribution in [0.2, 0.25) is 5.02 Å². The van der Waals surface area contributed by atoms with E-state index in [4.69, 9.17) is 17.3 Å². The fraction of sp³-hybridized carbons (Fsp3) is 0.529. The number of benzene rings is 1. The Bertz CT molecular complexity index is 622. The van der Waals surface area contributed by atoms with Crippen molar-refractivity contribution in [3.8, 4) is 0 Å². The molecule has 0 saturated carbocycles. The summed E-state index contributed by atoms with van der Waals surface area (Å²) in [5, 5.41) is 0.616. The van der Waals surface area contributed by atoms with Gasteiger partial charge >= 0.3 is 0 Å². The molecular formula is C17H22ClN3O2. The Morgan fingerprint density at radius 2 is 2.22 bits per heavy atom. The second kappa shape index (κ2) is 6.49. The maximum Gasteiger partial charge on any atom is 0.228 e. The van der Waals surface area contributed by atoms with E-state index in [2.05, 4.69) is 0 Å². The molecule has 1 aromatic carbocycles. The van der Waals surface area contributed by atoms with Crippen LogP contribution in [0, 0.1) is 11.8 Å². The lowest BCUT2D eigenvalue weighted by Crippen LogP contribution is -2.37. The van der Waals surface area contributed by atoms with Crippen molar-refractivity contribution in [2.75, 3.05) is 26.7 Å². The first kappa shape index (κ1) is 16.3. The maximum atomic E-state index is 12.9. The summed E-state index contributed by atoms with van der Waals surface area (Å²) in [4.78, 5) is 28.7. The third kappa shape index (κ3) is 3.08. The van der Waals surface area contributed by atoms with Crippen molar-refractivity contribution in [2.24, 2.45) is 17.6 Å². The molecule has 2 heterocycles. The number of nitrogens with zero attached hydrogens (tertiary/aromatic N) is 2. The van der Waals surface area contributed by atoms with E-state index in [0.29, 0.717) is 24.0 Å². The molecule has 2 aliphatic heterocycles. The zero-order valence-corrected chi connectivity index (χ0v) is 14.0. The van der Waals surface area contributed by atoms with Gasteiger partial charge in [0, 0.05) is 31.6 Å². The molecule has 3 atom stereocenters. The first-order valence-corrected chi connectivity index (χ1v) is 8.39. The Labute approximate surface area is 141 Å². The van der Waals surface area contributed by atoms with Gasteiger partial charge in [-0.2, -0.15) is 0 Å². The Kier molecular flexibility index (Phi) is 4.60. The lowest BCUT2D eigenvalue weighted by Gasteiger charge is -2.28. The molecule has 0 radical (unpaired) electrons. The van der Waals surface area contributed by atoms with E-state index < -0.39 is 0 Å². The Balaban J connectivity index is 1.85. The van der Waals surface area contributed by atoms with Crippen molar-refractivity contribution >= 4 is 23.4 Å². The van der Waals surface area contributed by atoms with Crippen LogP contribution in [0.3, 0.4) is 0 Å². The Morgan fingerprint density at radius 1 is 1.43 bits per heavy atom. The standard InChI is InChI=1S/C17H22ClN3O2/c1-20-15(22)8-14(16(20)12-3-2-4-13(18)7-12)17(23)21-6-5-11(9-19)10-21/h2-4,7,11,14,16H,5-6,8-10,19H2,1H3/t11-,14-,16+/m0/s1. The van der Waals surface area contributed by atoms with Crippen molar-refractivity contribution in [2.45, 2.75) is 18.9 Å². The van der Waals surface area contributed by atoms with Crippen molar-refractivity contribution in [1.29, 1.82) is 0 Å². The summed E-state index contributed by atoms with van der Waals surface area (Å²) in [7, 11) is 1.76. The Hall–Kier alpha value is -1.59. The molecule has 0 bridgehead atoms. The molecule has 2 N–H and O–H groups in total. The van der Waals surface area contributed by atoms with E-state index in [-0.39, 0.29) is 30.2 Å². The first-order valence-electron chi connectivity index (χ1n) is 8.01.